The minimum atomic E-state index is -0.933. The summed E-state index contributed by atoms with van der Waals surface area (Å²) in [6.07, 6.45) is 1.48. The van der Waals surface area contributed by atoms with Gasteiger partial charge in [-0.2, -0.15) is 0 Å². The molecule has 0 aromatic heterocycles. The lowest BCUT2D eigenvalue weighted by molar-refractivity contribution is -0.150. The molecular formula is C26H30N2O7. The second kappa shape index (κ2) is 12.2. The first-order valence-electron chi connectivity index (χ1n) is 11.9. The lowest BCUT2D eigenvalue weighted by atomic mass is 10.1. The molecule has 0 bridgehead atoms. The molecule has 0 spiro atoms. The zero-order valence-corrected chi connectivity index (χ0v) is 19.5. The van der Waals surface area contributed by atoms with Crippen molar-refractivity contribution >= 4 is 17.8 Å². The average molecular weight is 483 g/mol. The van der Waals surface area contributed by atoms with Gasteiger partial charge in [0.2, 0.25) is 5.91 Å². The van der Waals surface area contributed by atoms with Gasteiger partial charge in [-0.1, -0.05) is 24.3 Å². The van der Waals surface area contributed by atoms with E-state index in [1.165, 1.54) is 4.90 Å². The summed E-state index contributed by atoms with van der Waals surface area (Å²) < 4.78 is 22.1. The molecule has 1 N–H and O–H groups in total. The van der Waals surface area contributed by atoms with Crippen LogP contribution in [-0.2, 0) is 19.1 Å². The number of nitrogens with one attached hydrogen (secondary N) is 1. The van der Waals surface area contributed by atoms with Crippen LogP contribution in [0, 0.1) is 0 Å². The fourth-order valence-corrected chi connectivity index (χ4v) is 4.06. The molecule has 9 nitrogen and oxygen atoms in total. The van der Waals surface area contributed by atoms with E-state index in [4.69, 9.17) is 18.9 Å². The first-order valence-corrected chi connectivity index (χ1v) is 11.9. The van der Waals surface area contributed by atoms with Crippen LogP contribution in [0.15, 0.2) is 54.6 Å². The molecule has 186 valence electrons. The zero-order chi connectivity index (χ0) is 24.5. The molecule has 9 heteroatoms. The Morgan fingerprint density at radius 1 is 1.03 bits per heavy atom. The molecule has 2 unspecified atom stereocenters. The monoisotopic (exact) mass is 482 g/mol. The molecule has 0 radical (unpaired) electrons. The smallest absolute Gasteiger partial charge is 0.308 e. The molecule has 2 aliphatic heterocycles. The van der Waals surface area contributed by atoms with Crippen LogP contribution >= 0.6 is 0 Å². The van der Waals surface area contributed by atoms with Crippen molar-refractivity contribution in [2.45, 2.75) is 31.4 Å². The van der Waals surface area contributed by atoms with Crippen LogP contribution < -0.4 is 14.8 Å². The van der Waals surface area contributed by atoms with Gasteiger partial charge in [0.25, 0.3) is 5.91 Å². The van der Waals surface area contributed by atoms with Crippen molar-refractivity contribution < 1.29 is 33.3 Å². The number of para-hydroxylation sites is 1. The maximum absolute atomic E-state index is 13.3. The summed E-state index contributed by atoms with van der Waals surface area (Å²) in [5, 5.41) is 2.73. The molecular weight excluding hydrogens is 452 g/mol. The maximum Gasteiger partial charge on any atom is 0.308 e. The number of benzene rings is 2. The lowest BCUT2D eigenvalue weighted by Gasteiger charge is -2.34. The zero-order valence-electron chi connectivity index (χ0n) is 19.5. The maximum atomic E-state index is 13.3. The van der Waals surface area contributed by atoms with Crippen LogP contribution in [0.2, 0.25) is 0 Å². The van der Waals surface area contributed by atoms with Gasteiger partial charge in [-0.15, -0.1) is 0 Å². The molecule has 2 aromatic rings. The predicted molar refractivity (Wildman–Crippen MR) is 126 cm³/mol. The number of ether oxygens (including phenoxy) is 4. The van der Waals surface area contributed by atoms with Gasteiger partial charge < -0.3 is 29.2 Å². The minimum Gasteiger partial charge on any atom is -0.490 e. The first kappa shape index (κ1) is 24.5. The Morgan fingerprint density at radius 3 is 2.57 bits per heavy atom. The minimum absolute atomic E-state index is 0.0994. The Kier molecular flexibility index (Phi) is 8.56. The van der Waals surface area contributed by atoms with Gasteiger partial charge in [-0.3, -0.25) is 14.4 Å². The van der Waals surface area contributed by atoms with Crippen molar-refractivity contribution in [2.24, 2.45) is 0 Å². The summed E-state index contributed by atoms with van der Waals surface area (Å²) in [4.78, 5) is 39.6. The Labute approximate surface area is 204 Å². The van der Waals surface area contributed by atoms with Crippen molar-refractivity contribution in [3.05, 3.63) is 60.2 Å². The number of carbonyl (C=O) groups is 3. The topological polar surface area (TPSA) is 103 Å². The Hall–Kier alpha value is -3.59. The summed E-state index contributed by atoms with van der Waals surface area (Å²) in [6.45, 7) is 2.10. The van der Waals surface area contributed by atoms with Crippen molar-refractivity contribution in [1.29, 1.82) is 0 Å². The van der Waals surface area contributed by atoms with Crippen LogP contribution in [-0.4, -0.2) is 74.3 Å². The average Bonchev–Trinajstić information content (AvgIpc) is 3.41. The van der Waals surface area contributed by atoms with Gasteiger partial charge in [-0.05, 0) is 43.2 Å². The van der Waals surface area contributed by atoms with Crippen molar-refractivity contribution in [3.63, 3.8) is 0 Å². The molecule has 2 fully saturated rings. The van der Waals surface area contributed by atoms with Gasteiger partial charge in [0.15, 0.2) is 0 Å². The third kappa shape index (κ3) is 6.95. The summed E-state index contributed by atoms with van der Waals surface area (Å²) in [5.74, 6) is 0.0213. The highest BCUT2D eigenvalue weighted by Gasteiger charge is 2.36. The third-order valence-electron chi connectivity index (χ3n) is 5.85. The van der Waals surface area contributed by atoms with Crippen molar-refractivity contribution in [3.8, 4) is 11.5 Å². The normalized spacial score (nSPS) is 19.7. The molecule has 0 aliphatic carbocycles. The summed E-state index contributed by atoms with van der Waals surface area (Å²) in [6, 6.07) is 15.3. The van der Waals surface area contributed by atoms with Gasteiger partial charge >= 0.3 is 5.97 Å². The van der Waals surface area contributed by atoms with Gasteiger partial charge in [0.05, 0.1) is 12.5 Å². The van der Waals surface area contributed by atoms with E-state index in [0.29, 0.717) is 44.2 Å². The highest BCUT2D eigenvalue weighted by molar-refractivity contribution is 5.99. The van der Waals surface area contributed by atoms with Crippen LogP contribution in [0.5, 0.6) is 11.5 Å². The number of piperazine rings is 1. The van der Waals surface area contributed by atoms with E-state index in [-0.39, 0.29) is 30.9 Å². The molecule has 0 saturated carbocycles. The number of carbonyl (C=O) groups excluding carboxylic acids is 3. The number of nitrogens with zero attached hydrogens (tertiary/aromatic N) is 1. The fourth-order valence-electron chi connectivity index (χ4n) is 4.06. The second-order valence-electron chi connectivity index (χ2n) is 8.37. The van der Waals surface area contributed by atoms with Gasteiger partial charge in [0, 0.05) is 25.3 Å². The molecule has 2 aliphatic rings. The van der Waals surface area contributed by atoms with Crippen LogP contribution in [0.1, 0.15) is 29.6 Å². The number of hydrogen-bond donors (Lipinski definition) is 1. The number of rotatable bonds is 10. The lowest BCUT2D eigenvalue weighted by Crippen LogP contribution is -2.57. The molecule has 35 heavy (non-hydrogen) atoms. The first-order chi connectivity index (χ1) is 17.1. The van der Waals surface area contributed by atoms with E-state index >= 15 is 0 Å². The largest absolute Gasteiger partial charge is 0.490 e. The highest BCUT2D eigenvalue weighted by atomic mass is 16.6. The molecule has 2 saturated heterocycles. The molecule has 2 amide bonds. The Balaban J connectivity index is 1.32. The summed E-state index contributed by atoms with van der Waals surface area (Å²) >= 11 is 0. The predicted octanol–water partition coefficient (Wildman–Crippen LogP) is 2.20. The summed E-state index contributed by atoms with van der Waals surface area (Å²) in [5.41, 5.74) is 0.374. The van der Waals surface area contributed by atoms with Crippen LogP contribution in [0.25, 0.3) is 0 Å². The van der Waals surface area contributed by atoms with Crippen LogP contribution in [0.4, 0.5) is 0 Å². The highest BCUT2D eigenvalue weighted by Crippen LogP contribution is 2.20. The Bertz CT molecular complexity index is 1010. The van der Waals surface area contributed by atoms with E-state index < -0.39 is 12.0 Å². The van der Waals surface area contributed by atoms with Gasteiger partial charge in [0.1, 0.15) is 37.4 Å². The van der Waals surface area contributed by atoms with E-state index in [0.717, 1.165) is 18.6 Å². The van der Waals surface area contributed by atoms with Crippen molar-refractivity contribution in [1.82, 2.24) is 10.2 Å². The molecule has 2 aromatic carbocycles. The third-order valence-corrected chi connectivity index (χ3v) is 5.85. The molecule has 2 heterocycles. The second-order valence-corrected chi connectivity index (χ2v) is 8.37. The fraction of sp³-hybridized carbons (Fsp3) is 0.423. The van der Waals surface area contributed by atoms with Gasteiger partial charge in [-0.25, -0.2) is 0 Å². The van der Waals surface area contributed by atoms with E-state index in [1.807, 2.05) is 30.3 Å². The number of amides is 2. The standard InChI is InChI=1S/C26H30N2O7/c29-24(35-18-22-10-5-13-32-22)17-23-25(30)27-11-12-28(23)26(31)19-6-4-9-21(16-19)34-15-14-33-20-7-2-1-3-8-20/h1-4,6-9,16,22-23H,5,10-15,17-18H2,(H,27,30). The van der Waals surface area contributed by atoms with E-state index in [2.05, 4.69) is 5.32 Å². The van der Waals surface area contributed by atoms with E-state index in [1.54, 1.807) is 24.3 Å². The SMILES string of the molecule is O=C(CC1C(=O)NCCN1C(=O)c1cccc(OCCOc2ccccc2)c1)OCC1CCCO1. The van der Waals surface area contributed by atoms with Crippen LogP contribution in [0.3, 0.4) is 0 Å². The number of hydrogen-bond acceptors (Lipinski definition) is 7. The van der Waals surface area contributed by atoms with E-state index in [9.17, 15) is 14.4 Å². The molecule has 4 rings (SSSR count). The molecule has 2 atom stereocenters. The Morgan fingerprint density at radius 2 is 1.80 bits per heavy atom. The summed E-state index contributed by atoms with van der Waals surface area (Å²) in [7, 11) is 0. The number of esters is 1. The quantitative estimate of drug-likeness (QED) is 0.409. The van der Waals surface area contributed by atoms with Crippen molar-refractivity contribution in [2.75, 3.05) is 39.5 Å².